The van der Waals surface area contributed by atoms with Crippen LogP contribution in [-0.4, -0.2) is 61.9 Å². The molecular formula is C31H41F2N7O3. The molecule has 2 saturated heterocycles. The van der Waals surface area contributed by atoms with Crippen molar-refractivity contribution in [1.82, 2.24) is 35.0 Å². The number of aryl methyl sites for hydroxylation is 1. The topological polar surface area (TPSA) is 115 Å². The number of nitrogens with one attached hydrogen (secondary N) is 2. The fourth-order valence-electron chi connectivity index (χ4n) is 6.99. The molecule has 10 nitrogen and oxygen atoms in total. The first-order chi connectivity index (χ1) is 20.7. The number of carbonyl (C=O) groups is 2. The molecule has 232 valence electrons. The highest BCUT2D eigenvalue weighted by Crippen LogP contribution is 2.41. The van der Waals surface area contributed by atoms with Gasteiger partial charge in [0, 0.05) is 57.7 Å². The van der Waals surface area contributed by atoms with E-state index in [9.17, 15) is 18.4 Å². The van der Waals surface area contributed by atoms with Crippen molar-refractivity contribution in [2.24, 2.45) is 17.8 Å². The lowest BCUT2D eigenvalue weighted by molar-refractivity contribution is -0.127. The highest BCUT2D eigenvalue weighted by atomic mass is 19.3. The van der Waals surface area contributed by atoms with Gasteiger partial charge in [-0.25, -0.2) is 18.3 Å². The Morgan fingerprint density at radius 1 is 1.23 bits per heavy atom. The molecule has 43 heavy (non-hydrogen) atoms. The Hall–Kier alpha value is -3.41. The van der Waals surface area contributed by atoms with Gasteiger partial charge >= 0.3 is 0 Å². The third kappa shape index (κ3) is 6.44. The lowest BCUT2D eigenvalue weighted by atomic mass is 9.81. The van der Waals surface area contributed by atoms with E-state index in [0.717, 1.165) is 30.5 Å². The monoisotopic (exact) mass is 597 g/mol. The summed E-state index contributed by atoms with van der Waals surface area (Å²) in [5.41, 5.74) is 3.61. The second kappa shape index (κ2) is 12.3. The second-order valence-electron chi connectivity index (χ2n) is 12.6. The van der Waals surface area contributed by atoms with Crippen molar-refractivity contribution in [3.05, 3.63) is 47.2 Å². The zero-order chi connectivity index (χ0) is 30.1. The first-order valence-corrected chi connectivity index (χ1v) is 15.7. The maximum absolute atomic E-state index is 14.1. The number of nitrogens with zero attached hydrogens (tertiary/aromatic N) is 5. The Bertz CT molecular complexity index is 1450. The molecule has 0 spiro atoms. The van der Waals surface area contributed by atoms with Crippen LogP contribution in [0.5, 0.6) is 0 Å². The molecule has 0 bridgehead atoms. The van der Waals surface area contributed by atoms with Gasteiger partial charge in [0.2, 0.25) is 11.8 Å². The van der Waals surface area contributed by atoms with Gasteiger partial charge in [-0.15, -0.1) is 0 Å². The van der Waals surface area contributed by atoms with Gasteiger partial charge < -0.3 is 15.4 Å². The zero-order valence-electron chi connectivity index (χ0n) is 24.9. The molecule has 12 heteroatoms. The average Bonchev–Trinajstić information content (AvgIpc) is 3.65. The Morgan fingerprint density at radius 3 is 2.74 bits per heavy atom. The molecule has 2 amide bonds. The van der Waals surface area contributed by atoms with Crippen molar-refractivity contribution in [3.63, 3.8) is 0 Å². The number of piperidine rings is 1. The maximum atomic E-state index is 14.1. The Balaban J connectivity index is 1.36. The Morgan fingerprint density at radius 2 is 2.00 bits per heavy atom. The van der Waals surface area contributed by atoms with Gasteiger partial charge in [0.25, 0.3) is 5.91 Å². The number of ether oxygens (including phenoxy) is 1. The summed E-state index contributed by atoms with van der Waals surface area (Å²) in [4.78, 5) is 31.1. The molecule has 3 aromatic heterocycles. The van der Waals surface area contributed by atoms with Crippen molar-refractivity contribution in [1.29, 1.82) is 0 Å². The van der Waals surface area contributed by atoms with Crippen molar-refractivity contribution in [3.8, 4) is 0 Å². The van der Waals surface area contributed by atoms with Crippen LogP contribution in [0.4, 0.5) is 8.78 Å². The molecule has 0 radical (unpaired) electrons. The largest absolute Gasteiger partial charge is 0.381 e. The van der Waals surface area contributed by atoms with Crippen LogP contribution in [0.1, 0.15) is 98.2 Å². The minimum atomic E-state index is -2.69. The number of carbonyl (C=O) groups excluding carboxylic acids is 2. The van der Waals surface area contributed by atoms with Crippen LogP contribution in [0, 0.1) is 17.8 Å². The van der Waals surface area contributed by atoms with E-state index in [1.165, 1.54) is 0 Å². The number of hydrogen-bond donors (Lipinski definition) is 2. The van der Waals surface area contributed by atoms with Crippen LogP contribution in [0.2, 0.25) is 0 Å². The number of alkyl halides is 2. The van der Waals surface area contributed by atoms with Gasteiger partial charge in [-0.2, -0.15) is 10.2 Å². The van der Waals surface area contributed by atoms with Gasteiger partial charge in [-0.3, -0.25) is 14.3 Å². The Labute approximate surface area is 250 Å². The van der Waals surface area contributed by atoms with Crippen molar-refractivity contribution in [2.45, 2.75) is 89.6 Å². The number of imidazole rings is 1. The van der Waals surface area contributed by atoms with E-state index in [1.807, 2.05) is 13.1 Å². The summed E-state index contributed by atoms with van der Waals surface area (Å²) in [6, 6.07) is 3.15. The lowest BCUT2D eigenvalue weighted by Crippen LogP contribution is -2.41. The predicted octanol–water partition coefficient (Wildman–Crippen LogP) is 4.45. The molecule has 6 rings (SSSR count). The van der Waals surface area contributed by atoms with Crippen LogP contribution in [-0.2, 0) is 22.5 Å². The number of halogens is 2. The third-order valence-corrected chi connectivity index (χ3v) is 9.45. The number of aromatic nitrogens is 5. The van der Waals surface area contributed by atoms with E-state index in [4.69, 9.17) is 14.8 Å². The summed E-state index contributed by atoms with van der Waals surface area (Å²) < 4.78 is 37.2. The quantitative estimate of drug-likeness (QED) is 0.397. The molecule has 3 aromatic rings. The number of amides is 2. The summed E-state index contributed by atoms with van der Waals surface area (Å²) in [6.07, 6.45) is 6.58. The fourth-order valence-corrected chi connectivity index (χ4v) is 6.99. The van der Waals surface area contributed by atoms with Crippen LogP contribution in [0.3, 0.4) is 0 Å². The van der Waals surface area contributed by atoms with Gasteiger partial charge in [-0.05, 0) is 74.5 Å². The highest BCUT2D eigenvalue weighted by Gasteiger charge is 2.40. The van der Waals surface area contributed by atoms with Gasteiger partial charge in [0.05, 0.1) is 23.6 Å². The van der Waals surface area contributed by atoms with Crippen molar-refractivity contribution in [2.75, 3.05) is 19.8 Å². The minimum absolute atomic E-state index is 0.0624. The zero-order valence-corrected chi connectivity index (χ0v) is 24.9. The molecule has 0 aromatic carbocycles. The molecule has 1 saturated carbocycles. The van der Waals surface area contributed by atoms with E-state index in [1.54, 1.807) is 21.5 Å². The van der Waals surface area contributed by atoms with E-state index in [-0.39, 0.29) is 55.3 Å². The highest BCUT2D eigenvalue weighted by molar-refractivity contribution is 5.92. The van der Waals surface area contributed by atoms with E-state index in [2.05, 4.69) is 28.7 Å². The van der Waals surface area contributed by atoms with Gasteiger partial charge in [0.15, 0.2) is 5.65 Å². The third-order valence-electron chi connectivity index (χ3n) is 9.45. The van der Waals surface area contributed by atoms with E-state index >= 15 is 0 Å². The molecule has 1 aliphatic carbocycles. The smallest absolute Gasteiger partial charge is 0.270 e. The summed E-state index contributed by atoms with van der Waals surface area (Å²) in [5, 5.41) is 15.4. The van der Waals surface area contributed by atoms with Crippen LogP contribution in [0.15, 0.2) is 24.5 Å². The van der Waals surface area contributed by atoms with E-state index < -0.39 is 12.0 Å². The van der Waals surface area contributed by atoms with Crippen LogP contribution in [0.25, 0.3) is 5.65 Å². The lowest BCUT2D eigenvalue weighted by Gasteiger charge is -2.33. The first-order valence-electron chi connectivity index (χ1n) is 15.7. The molecule has 2 N–H and O–H groups in total. The number of fused-ring (bicyclic) bond motifs is 1. The first kappa shape index (κ1) is 29.7. The minimum Gasteiger partial charge on any atom is -0.381 e. The fraction of sp³-hybridized carbons (Fsp3) is 0.645. The van der Waals surface area contributed by atoms with E-state index in [0.29, 0.717) is 55.7 Å². The summed E-state index contributed by atoms with van der Waals surface area (Å²) >= 11 is 0. The van der Waals surface area contributed by atoms with Gasteiger partial charge in [0.1, 0.15) is 5.69 Å². The second-order valence-corrected chi connectivity index (χ2v) is 12.6. The SMILES string of the molecule is CCn1nccc1C(=O)N[C@H](c1cn2nc(C[C@H]3C[C@H](C)CNC3=O)c(C3CCOCC3)cc2n1)C1CCC(F)(F)CC1. The summed E-state index contributed by atoms with van der Waals surface area (Å²) in [5.74, 6) is -2.66. The maximum Gasteiger partial charge on any atom is 0.270 e. The summed E-state index contributed by atoms with van der Waals surface area (Å²) in [7, 11) is 0. The molecule has 5 heterocycles. The molecule has 2 aliphatic heterocycles. The van der Waals surface area contributed by atoms with Crippen molar-refractivity contribution >= 4 is 17.5 Å². The molecule has 3 fully saturated rings. The normalized spacial score (nSPS) is 24.1. The van der Waals surface area contributed by atoms with Gasteiger partial charge in [-0.1, -0.05) is 6.92 Å². The average molecular weight is 598 g/mol. The predicted molar refractivity (Wildman–Crippen MR) is 155 cm³/mol. The van der Waals surface area contributed by atoms with Crippen molar-refractivity contribution < 1.29 is 23.1 Å². The van der Waals surface area contributed by atoms with Crippen LogP contribution < -0.4 is 10.6 Å². The van der Waals surface area contributed by atoms with Crippen LogP contribution >= 0.6 is 0 Å². The summed E-state index contributed by atoms with van der Waals surface area (Å²) in [6.45, 7) is 6.62. The standard InChI is InChI=1S/C31H41F2N7O3/c1-3-39-26(6-11-35-39)30(42)37-28(21-4-9-31(32,33)10-5-21)25-18-40-27(36-25)16-23(20-7-12-43-13-8-20)24(38-40)15-22-14-19(2)17-34-29(22)41/h6,11,16,18-22,28H,3-5,7-10,12-15,17H2,1-2H3,(H,34,41)(H,37,42)/t19-,22+,28-/m0/s1. The molecule has 0 unspecified atom stereocenters. The number of hydrogen-bond acceptors (Lipinski definition) is 6. The molecular weight excluding hydrogens is 556 g/mol. The molecule has 3 aliphatic rings. The number of rotatable bonds is 8. The Kier molecular flexibility index (Phi) is 8.48. The molecule has 3 atom stereocenters.